The van der Waals surface area contributed by atoms with Crippen molar-refractivity contribution in [3.8, 4) is 12.3 Å². The summed E-state index contributed by atoms with van der Waals surface area (Å²) in [5.41, 5.74) is 7.13. The van der Waals surface area contributed by atoms with E-state index in [-0.39, 0.29) is 30.6 Å². The van der Waals surface area contributed by atoms with E-state index in [2.05, 4.69) is 5.92 Å². The van der Waals surface area contributed by atoms with Crippen molar-refractivity contribution < 1.29 is 14.2 Å². The highest BCUT2D eigenvalue weighted by Gasteiger charge is 2.42. The summed E-state index contributed by atoms with van der Waals surface area (Å²) in [5.74, 6) is 2.60. The van der Waals surface area contributed by atoms with Crippen LogP contribution in [-0.2, 0) is 14.2 Å². The molecule has 0 saturated carbocycles. The zero-order chi connectivity index (χ0) is 13.2. The van der Waals surface area contributed by atoms with Crippen molar-refractivity contribution in [2.24, 2.45) is 5.73 Å². The first-order valence-electron chi connectivity index (χ1n) is 6.47. The lowest BCUT2D eigenvalue weighted by Crippen LogP contribution is -2.57. The Morgan fingerprint density at radius 2 is 2.00 bits per heavy atom. The highest BCUT2D eigenvalue weighted by Crippen LogP contribution is 2.32. The fraction of sp³-hybridized carbons (Fsp3) is 0.467. The van der Waals surface area contributed by atoms with Gasteiger partial charge in [-0.2, -0.15) is 0 Å². The second-order valence-electron chi connectivity index (χ2n) is 4.91. The molecule has 2 heterocycles. The number of hydrogen-bond acceptors (Lipinski definition) is 4. The van der Waals surface area contributed by atoms with E-state index in [1.54, 1.807) is 0 Å². The van der Waals surface area contributed by atoms with Gasteiger partial charge in [0.15, 0.2) is 6.29 Å². The van der Waals surface area contributed by atoms with Crippen LogP contribution in [0.1, 0.15) is 18.3 Å². The average molecular weight is 259 g/mol. The smallest absolute Gasteiger partial charge is 0.184 e. The number of ether oxygens (including phenoxy) is 3. The highest BCUT2D eigenvalue weighted by atomic mass is 16.7. The first-order chi connectivity index (χ1) is 9.28. The number of nitrogens with two attached hydrogens (primary N) is 1. The lowest BCUT2D eigenvalue weighted by atomic mass is 9.95. The van der Waals surface area contributed by atoms with Gasteiger partial charge >= 0.3 is 0 Å². The molecule has 0 aromatic heterocycles. The van der Waals surface area contributed by atoms with E-state index in [0.29, 0.717) is 13.0 Å². The lowest BCUT2D eigenvalue weighted by Gasteiger charge is -2.43. The Labute approximate surface area is 112 Å². The molecule has 2 aliphatic heterocycles. The number of hydrogen-bond donors (Lipinski definition) is 1. The van der Waals surface area contributed by atoms with Crippen molar-refractivity contribution in [3.63, 3.8) is 0 Å². The van der Waals surface area contributed by atoms with E-state index in [1.807, 2.05) is 30.3 Å². The predicted molar refractivity (Wildman–Crippen MR) is 70.1 cm³/mol. The molecule has 3 rings (SSSR count). The van der Waals surface area contributed by atoms with Gasteiger partial charge in [-0.3, -0.25) is 0 Å². The van der Waals surface area contributed by atoms with Gasteiger partial charge in [-0.15, -0.1) is 6.42 Å². The summed E-state index contributed by atoms with van der Waals surface area (Å²) in [6, 6.07) is 9.71. The van der Waals surface area contributed by atoms with Crippen molar-refractivity contribution in [1.82, 2.24) is 0 Å². The molecular formula is C15H17NO3. The molecule has 2 aliphatic rings. The van der Waals surface area contributed by atoms with Crippen LogP contribution >= 0.6 is 0 Å². The third kappa shape index (κ3) is 2.51. The Balaban J connectivity index is 1.72. The van der Waals surface area contributed by atoms with Crippen LogP contribution in [0.3, 0.4) is 0 Å². The van der Waals surface area contributed by atoms with E-state index in [1.165, 1.54) is 0 Å². The molecule has 0 aliphatic carbocycles. The minimum Gasteiger partial charge on any atom is -0.357 e. The van der Waals surface area contributed by atoms with Gasteiger partial charge in [0.25, 0.3) is 0 Å². The maximum absolute atomic E-state index is 6.14. The Bertz CT molecular complexity index is 470. The first kappa shape index (κ1) is 12.6. The number of fused-ring (bicyclic) bond motifs is 1. The summed E-state index contributed by atoms with van der Waals surface area (Å²) in [5, 5.41) is 0. The normalized spacial score (nSPS) is 38.2. The van der Waals surface area contributed by atoms with Crippen molar-refractivity contribution in [1.29, 1.82) is 0 Å². The van der Waals surface area contributed by atoms with E-state index >= 15 is 0 Å². The maximum atomic E-state index is 6.14. The van der Waals surface area contributed by atoms with Gasteiger partial charge in [0.2, 0.25) is 0 Å². The van der Waals surface area contributed by atoms with E-state index in [9.17, 15) is 0 Å². The third-order valence-corrected chi connectivity index (χ3v) is 3.56. The van der Waals surface area contributed by atoms with Crippen molar-refractivity contribution >= 4 is 0 Å². The van der Waals surface area contributed by atoms with Gasteiger partial charge < -0.3 is 19.9 Å². The summed E-state index contributed by atoms with van der Waals surface area (Å²) >= 11 is 0. The SMILES string of the molecule is C#CC1CC(N)C2OC(c3ccccc3)OCC2O1. The molecule has 1 aromatic rings. The Morgan fingerprint density at radius 1 is 1.21 bits per heavy atom. The summed E-state index contributed by atoms with van der Waals surface area (Å²) in [7, 11) is 0. The molecule has 19 heavy (non-hydrogen) atoms. The van der Waals surface area contributed by atoms with Crippen LogP contribution in [-0.4, -0.2) is 31.0 Å². The molecule has 4 nitrogen and oxygen atoms in total. The van der Waals surface area contributed by atoms with Crippen molar-refractivity contribution in [2.45, 2.75) is 37.1 Å². The largest absolute Gasteiger partial charge is 0.357 e. The molecule has 5 atom stereocenters. The second-order valence-corrected chi connectivity index (χ2v) is 4.91. The number of terminal acetylenes is 1. The highest BCUT2D eigenvalue weighted by molar-refractivity contribution is 5.16. The third-order valence-electron chi connectivity index (χ3n) is 3.56. The molecule has 0 spiro atoms. The molecule has 5 unspecified atom stereocenters. The Kier molecular flexibility index (Phi) is 3.54. The zero-order valence-corrected chi connectivity index (χ0v) is 10.6. The van der Waals surface area contributed by atoms with Crippen LogP contribution in [0, 0.1) is 12.3 Å². The standard InChI is InChI=1S/C15H17NO3/c1-2-11-8-12(16)14-13(18-11)9-17-15(19-14)10-6-4-3-5-7-10/h1,3-7,11-15H,8-9,16H2. The molecule has 2 saturated heterocycles. The fourth-order valence-electron chi connectivity index (χ4n) is 2.58. The first-order valence-corrected chi connectivity index (χ1v) is 6.47. The van der Waals surface area contributed by atoms with Crippen LogP contribution in [0.15, 0.2) is 30.3 Å². The molecule has 2 fully saturated rings. The second kappa shape index (κ2) is 5.32. The summed E-state index contributed by atoms with van der Waals surface area (Å²) in [6.07, 6.45) is 5.06. The molecule has 1 aromatic carbocycles. The predicted octanol–water partition coefficient (Wildman–Crippen LogP) is 1.22. The van der Waals surface area contributed by atoms with Gasteiger partial charge in [-0.25, -0.2) is 0 Å². The quantitative estimate of drug-likeness (QED) is 0.770. The molecule has 4 heteroatoms. The van der Waals surface area contributed by atoms with Crippen LogP contribution in [0.2, 0.25) is 0 Å². The van der Waals surface area contributed by atoms with Gasteiger partial charge in [0.1, 0.15) is 18.3 Å². The van der Waals surface area contributed by atoms with E-state index in [0.717, 1.165) is 5.56 Å². The number of rotatable bonds is 1. The van der Waals surface area contributed by atoms with Crippen LogP contribution in [0.4, 0.5) is 0 Å². The molecule has 100 valence electrons. The van der Waals surface area contributed by atoms with Gasteiger partial charge in [0, 0.05) is 18.0 Å². The van der Waals surface area contributed by atoms with Crippen LogP contribution in [0.5, 0.6) is 0 Å². The molecule has 0 radical (unpaired) electrons. The van der Waals surface area contributed by atoms with Crippen LogP contribution in [0.25, 0.3) is 0 Å². The molecule has 0 bridgehead atoms. The van der Waals surface area contributed by atoms with Gasteiger partial charge in [-0.05, 0) is 0 Å². The molecule has 0 amide bonds. The fourth-order valence-corrected chi connectivity index (χ4v) is 2.58. The summed E-state index contributed by atoms with van der Waals surface area (Å²) in [4.78, 5) is 0. The van der Waals surface area contributed by atoms with Crippen molar-refractivity contribution in [2.75, 3.05) is 6.61 Å². The van der Waals surface area contributed by atoms with Crippen LogP contribution < -0.4 is 5.73 Å². The lowest BCUT2D eigenvalue weighted by molar-refractivity contribution is -0.287. The minimum absolute atomic E-state index is 0.116. The van der Waals surface area contributed by atoms with E-state index in [4.69, 9.17) is 26.4 Å². The maximum Gasteiger partial charge on any atom is 0.184 e. The molecule has 2 N–H and O–H groups in total. The Hall–Kier alpha value is -1.38. The summed E-state index contributed by atoms with van der Waals surface area (Å²) in [6.45, 7) is 0.454. The van der Waals surface area contributed by atoms with Gasteiger partial charge in [0.05, 0.1) is 6.61 Å². The average Bonchev–Trinajstić information content (AvgIpc) is 2.47. The van der Waals surface area contributed by atoms with Crippen molar-refractivity contribution in [3.05, 3.63) is 35.9 Å². The summed E-state index contributed by atoms with van der Waals surface area (Å²) < 4.78 is 17.4. The minimum atomic E-state index is -0.375. The molecular weight excluding hydrogens is 242 g/mol. The monoisotopic (exact) mass is 259 g/mol. The zero-order valence-electron chi connectivity index (χ0n) is 10.6. The number of benzene rings is 1. The Morgan fingerprint density at radius 3 is 2.74 bits per heavy atom. The van der Waals surface area contributed by atoms with Gasteiger partial charge in [-0.1, -0.05) is 36.3 Å². The topological polar surface area (TPSA) is 53.7 Å². The van der Waals surface area contributed by atoms with E-state index < -0.39 is 0 Å².